The number of aromatic nitrogens is 1. The molecular weight excluding hydrogens is 494 g/mol. The number of anilines is 2. The summed E-state index contributed by atoms with van der Waals surface area (Å²) in [6.07, 6.45) is 0.757. The Morgan fingerprint density at radius 1 is 1.05 bits per heavy atom. The number of benzene rings is 2. The molecule has 10 nitrogen and oxygen atoms in total. The van der Waals surface area contributed by atoms with E-state index in [9.17, 15) is 14.4 Å². The first-order valence-electron chi connectivity index (χ1n) is 11.6. The van der Waals surface area contributed by atoms with Crippen molar-refractivity contribution in [2.45, 2.75) is 26.3 Å². The van der Waals surface area contributed by atoms with Crippen LogP contribution in [0, 0.1) is 5.92 Å². The maximum Gasteiger partial charge on any atom is 0.273 e. The molecule has 11 heteroatoms. The van der Waals surface area contributed by atoms with Crippen molar-refractivity contribution < 1.29 is 23.9 Å². The summed E-state index contributed by atoms with van der Waals surface area (Å²) in [5.74, 6) is -0.556. The van der Waals surface area contributed by atoms with Gasteiger partial charge in [-0.1, -0.05) is 38.1 Å². The molecule has 3 aromatic rings. The number of rotatable bonds is 11. The first kappa shape index (κ1) is 27.5. The number of nitrogens with two attached hydrogens (primary N) is 2. The first-order chi connectivity index (χ1) is 17.7. The molecule has 0 aliphatic carbocycles. The second-order valence-electron chi connectivity index (χ2n) is 8.63. The van der Waals surface area contributed by atoms with Crippen molar-refractivity contribution in [3.8, 4) is 11.5 Å². The molecule has 2 aromatic carbocycles. The highest BCUT2D eigenvalue weighted by Gasteiger charge is 2.37. The van der Waals surface area contributed by atoms with Crippen molar-refractivity contribution >= 4 is 40.6 Å². The molecule has 0 saturated heterocycles. The summed E-state index contributed by atoms with van der Waals surface area (Å²) in [5, 5.41) is 2.95. The van der Waals surface area contributed by atoms with Gasteiger partial charge in [0, 0.05) is 6.54 Å². The predicted molar refractivity (Wildman–Crippen MR) is 143 cm³/mol. The van der Waals surface area contributed by atoms with Gasteiger partial charge in [-0.25, -0.2) is 0 Å². The van der Waals surface area contributed by atoms with E-state index in [0.29, 0.717) is 35.2 Å². The van der Waals surface area contributed by atoms with Gasteiger partial charge >= 0.3 is 0 Å². The number of amides is 3. The number of carbonyl (C=O) groups excluding carboxylic acids is 3. The van der Waals surface area contributed by atoms with Crippen molar-refractivity contribution in [3.63, 3.8) is 0 Å². The van der Waals surface area contributed by atoms with Gasteiger partial charge < -0.3 is 26.3 Å². The van der Waals surface area contributed by atoms with Crippen LogP contribution in [0.1, 0.15) is 52.0 Å². The normalized spacial score (nSPS) is 11.6. The lowest BCUT2D eigenvalue weighted by atomic mass is 10.0. The number of nitrogen functional groups attached to an aromatic ring is 1. The van der Waals surface area contributed by atoms with Crippen LogP contribution >= 0.6 is 11.5 Å². The number of nitrogens with one attached hydrogen (secondary N) is 1. The van der Waals surface area contributed by atoms with Crippen LogP contribution in [0.5, 0.6) is 11.5 Å². The molecule has 0 aliphatic rings. The van der Waals surface area contributed by atoms with Gasteiger partial charge in [-0.3, -0.25) is 19.3 Å². The molecule has 1 unspecified atom stereocenters. The second kappa shape index (κ2) is 12.2. The third-order valence-corrected chi connectivity index (χ3v) is 6.53. The molecule has 37 heavy (non-hydrogen) atoms. The van der Waals surface area contributed by atoms with Gasteiger partial charge in [0.2, 0.25) is 5.91 Å². The van der Waals surface area contributed by atoms with Crippen molar-refractivity contribution in [3.05, 3.63) is 64.7 Å². The minimum absolute atomic E-state index is 0.0202. The van der Waals surface area contributed by atoms with Crippen LogP contribution in [-0.2, 0) is 4.79 Å². The quantitative estimate of drug-likeness (QED) is 0.347. The Morgan fingerprint density at radius 3 is 2.30 bits per heavy atom. The van der Waals surface area contributed by atoms with E-state index < -0.39 is 23.8 Å². The zero-order valence-corrected chi connectivity index (χ0v) is 22.0. The molecule has 5 N–H and O–H groups in total. The Bertz CT molecular complexity index is 1260. The van der Waals surface area contributed by atoms with Crippen LogP contribution in [-0.4, -0.2) is 42.9 Å². The molecule has 0 radical (unpaired) electrons. The number of para-hydroxylation sites is 2. The van der Waals surface area contributed by atoms with E-state index in [1.807, 2.05) is 0 Å². The van der Waals surface area contributed by atoms with Crippen molar-refractivity contribution in [2.75, 3.05) is 31.4 Å². The van der Waals surface area contributed by atoms with Crippen LogP contribution in [0.4, 0.5) is 11.4 Å². The average Bonchev–Trinajstić information content (AvgIpc) is 3.28. The van der Waals surface area contributed by atoms with Crippen LogP contribution in [0.3, 0.4) is 0 Å². The summed E-state index contributed by atoms with van der Waals surface area (Å²) in [6, 6.07) is 12.6. The largest absolute Gasteiger partial charge is 0.497 e. The highest BCUT2D eigenvalue weighted by molar-refractivity contribution is 7.09. The highest BCUT2D eigenvalue weighted by Crippen LogP contribution is 2.38. The van der Waals surface area contributed by atoms with Crippen molar-refractivity contribution in [2.24, 2.45) is 11.7 Å². The Hall–Kier alpha value is -4.12. The first-order valence-corrected chi connectivity index (χ1v) is 12.4. The SMILES string of the molecule is COc1ccc(C(C(=O)NCCC(C)C)N(C(=O)c2snc(C(N)=O)c2N)c2ccccc2OC)cc1. The molecule has 1 atom stereocenters. The maximum absolute atomic E-state index is 14.1. The molecule has 0 fully saturated rings. The average molecular weight is 526 g/mol. The summed E-state index contributed by atoms with van der Waals surface area (Å²) < 4.78 is 14.8. The summed E-state index contributed by atoms with van der Waals surface area (Å²) in [5.41, 5.74) is 12.0. The molecule has 0 saturated carbocycles. The third kappa shape index (κ3) is 6.18. The zero-order valence-electron chi connectivity index (χ0n) is 21.2. The molecule has 0 aliphatic heterocycles. The van der Waals surface area contributed by atoms with E-state index in [-0.39, 0.29) is 16.3 Å². The highest BCUT2D eigenvalue weighted by atomic mass is 32.1. The molecule has 3 rings (SSSR count). The molecule has 3 amide bonds. The van der Waals surface area contributed by atoms with Gasteiger partial charge in [-0.05, 0) is 53.7 Å². The van der Waals surface area contributed by atoms with Crippen LogP contribution < -0.4 is 31.2 Å². The van der Waals surface area contributed by atoms with Crippen LogP contribution in [0.2, 0.25) is 0 Å². The molecule has 0 spiro atoms. The fraction of sp³-hybridized carbons (Fsp3) is 0.308. The zero-order chi connectivity index (χ0) is 27.1. The van der Waals surface area contributed by atoms with Gasteiger partial charge in [-0.15, -0.1) is 0 Å². The fourth-order valence-corrected chi connectivity index (χ4v) is 4.46. The minimum Gasteiger partial charge on any atom is -0.497 e. The summed E-state index contributed by atoms with van der Waals surface area (Å²) in [7, 11) is 3.01. The molecule has 0 bridgehead atoms. The van der Waals surface area contributed by atoms with E-state index in [1.54, 1.807) is 55.6 Å². The Labute approximate surface area is 219 Å². The number of primary amides is 1. The van der Waals surface area contributed by atoms with Crippen molar-refractivity contribution in [1.82, 2.24) is 9.69 Å². The van der Waals surface area contributed by atoms with E-state index >= 15 is 0 Å². The molecule has 1 heterocycles. The lowest BCUT2D eigenvalue weighted by Crippen LogP contribution is -2.44. The maximum atomic E-state index is 14.1. The Kier molecular flexibility index (Phi) is 9.07. The number of hydrogen-bond acceptors (Lipinski definition) is 8. The number of hydrogen-bond donors (Lipinski definition) is 3. The van der Waals surface area contributed by atoms with E-state index in [2.05, 4.69) is 23.5 Å². The summed E-state index contributed by atoms with van der Waals surface area (Å²) in [4.78, 5) is 40.9. The van der Waals surface area contributed by atoms with Crippen LogP contribution in [0.25, 0.3) is 0 Å². The van der Waals surface area contributed by atoms with Crippen molar-refractivity contribution in [1.29, 1.82) is 0 Å². The molecule has 1 aromatic heterocycles. The smallest absolute Gasteiger partial charge is 0.273 e. The van der Waals surface area contributed by atoms with E-state index in [1.165, 1.54) is 12.0 Å². The van der Waals surface area contributed by atoms with Gasteiger partial charge in [-0.2, -0.15) is 4.37 Å². The van der Waals surface area contributed by atoms with E-state index in [0.717, 1.165) is 18.0 Å². The van der Waals surface area contributed by atoms with Gasteiger partial charge in [0.1, 0.15) is 22.4 Å². The topological polar surface area (TPSA) is 150 Å². The van der Waals surface area contributed by atoms with Crippen LogP contribution in [0.15, 0.2) is 48.5 Å². The van der Waals surface area contributed by atoms with Gasteiger partial charge in [0.25, 0.3) is 11.8 Å². The number of ether oxygens (including phenoxy) is 2. The Morgan fingerprint density at radius 2 is 1.73 bits per heavy atom. The Balaban J connectivity index is 2.20. The van der Waals surface area contributed by atoms with Gasteiger partial charge in [0.05, 0.1) is 25.6 Å². The number of carbonyl (C=O) groups is 3. The third-order valence-electron chi connectivity index (χ3n) is 5.68. The molecular formula is C26H31N5O5S. The standard InChI is InChI=1S/C26H31N5O5S/c1-15(2)13-14-29-25(33)22(16-9-11-17(35-3)12-10-16)31(18-7-5-6-8-19(18)36-4)26(34)23-20(27)21(24(28)32)30-37-23/h5-12,15,22H,13-14,27H2,1-4H3,(H2,28,32)(H,29,33). The van der Waals surface area contributed by atoms with E-state index in [4.69, 9.17) is 20.9 Å². The lowest BCUT2D eigenvalue weighted by molar-refractivity contribution is -0.122. The number of methoxy groups -OCH3 is 2. The summed E-state index contributed by atoms with van der Waals surface area (Å²) in [6.45, 7) is 4.53. The summed E-state index contributed by atoms with van der Waals surface area (Å²) >= 11 is 0.742. The predicted octanol–water partition coefficient (Wildman–Crippen LogP) is 3.39. The second-order valence-corrected chi connectivity index (χ2v) is 9.41. The van der Waals surface area contributed by atoms with Gasteiger partial charge in [0.15, 0.2) is 5.69 Å². The number of nitrogens with zero attached hydrogens (tertiary/aromatic N) is 2. The minimum atomic E-state index is -1.11. The fourth-order valence-electron chi connectivity index (χ4n) is 3.72. The lowest BCUT2D eigenvalue weighted by Gasteiger charge is -2.32. The monoisotopic (exact) mass is 525 g/mol. The molecule has 196 valence electrons.